The Hall–Kier alpha value is -2.41. The molecule has 0 bridgehead atoms. The smallest absolute Gasteiger partial charge is 0.325 e. The van der Waals surface area contributed by atoms with Gasteiger partial charge in [0, 0.05) is 19.5 Å². The van der Waals surface area contributed by atoms with Gasteiger partial charge in [0.15, 0.2) is 0 Å². The summed E-state index contributed by atoms with van der Waals surface area (Å²) in [4.78, 5) is 29.9. The molecule has 1 fully saturated rings. The van der Waals surface area contributed by atoms with E-state index in [4.69, 9.17) is 4.74 Å². The Balaban J connectivity index is 1.84. The maximum atomic E-state index is 12.4. The van der Waals surface area contributed by atoms with Crippen LogP contribution < -0.4 is 5.32 Å². The Morgan fingerprint density at radius 3 is 2.90 bits per heavy atom. The van der Waals surface area contributed by atoms with Gasteiger partial charge in [-0.3, -0.25) is 9.69 Å². The molecule has 1 saturated heterocycles. The second kappa shape index (κ2) is 4.85. The zero-order valence-electron chi connectivity index (χ0n) is 11.9. The van der Waals surface area contributed by atoms with Crippen molar-refractivity contribution in [2.45, 2.75) is 19.0 Å². The fourth-order valence-corrected chi connectivity index (χ4v) is 2.50. The summed E-state index contributed by atoms with van der Waals surface area (Å²) in [6.45, 7) is 1.94. The summed E-state index contributed by atoms with van der Waals surface area (Å²) in [5.41, 5.74) is 0.427. The second-order valence-electron chi connectivity index (χ2n) is 5.28. The van der Waals surface area contributed by atoms with Crippen molar-refractivity contribution < 1.29 is 14.3 Å². The number of rotatable bonds is 4. The molecule has 3 heterocycles. The van der Waals surface area contributed by atoms with E-state index in [0.29, 0.717) is 5.69 Å². The number of carbonyl (C=O) groups excluding carboxylic acids is 2. The van der Waals surface area contributed by atoms with Crippen LogP contribution in [0.2, 0.25) is 0 Å². The van der Waals surface area contributed by atoms with Crippen LogP contribution in [0.4, 0.5) is 4.79 Å². The Morgan fingerprint density at radius 2 is 2.19 bits per heavy atom. The summed E-state index contributed by atoms with van der Waals surface area (Å²) < 4.78 is 6.86. The van der Waals surface area contributed by atoms with Crippen molar-refractivity contribution in [3.05, 3.63) is 36.3 Å². The van der Waals surface area contributed by atoms with E-state index in [1.54, 1.807) is 6.92 Å². The first-order valence-corrected chi connectivity index (χ1v) is 6.59. The lowest BCUT2D eigenvalue weighted by Gasteiger charge is -2.19. The van der Waals surface area contributed by atoms with E-state index < -0.39 is 11.6 Å². The van der Waals surface area contributed by atoms with Crippen LogP contribution in [0.1, 0.15) is 12.6 Å². The molecule has 1 aliphatic rings. The lowest BCUT2D eigenvalue weighted by molar-refractivity contribution is -0.132. The third-order valence-electron chi connectivity index (χ3n) is 3.51. The fraction of sp³-hybridized carbons (Fsp3) is 0.357. The highest BCUT2D eigenvalue weighted by atomic mass is 16.5. The molecule has 1 unspecified atom stereocenters. The number of hydrogen-bond acceptors (Lipinski definition) is 4. The first-order chi connectivity index (χ1) is 10.0. The number of aromatic nitrogens is 2. The zero-order chi connectivity index (χ0) is 15.0. The van der Waals surface area contributed by atoms with Crippen molar-refractivity contribution >= 4 is 17.6 Å². The van der Waals surface area contributed by atoms with Gasteiger partial charge in [-0.2, -0.15) is 0 Å². The van der Waals surface area contributed by atoms with Gasteiger partial charge in [0.05, 0.1) is 18.8 Å². The molecule has 1 N–H and O–H groups in total. The first kappa shape index (κ1) is 13.6. The van der Waals surface area contributed by atoms with E-state index in [1.165, 1.54) is 12.0 Å². The van der Waals surface area contributed by atoms with Crippen LogP contribution >= 0.6 is 0 Å². The number of hydrogen-bond donors (Lipinski definition) is 1. The number of imidazole rings is 1. The number of urea groups is 1. The summed E-state index contributed by atoms with van der Waals surface area (Å²) in [7, 11) is 1.50. The second-order valence-corrected chi connectivity index (χ2v) is 5.28. The number of nitrogens with zero attached hydrogens (tertiary/aromatic N) is 3. The van der Waals surface area contributed by atoms with E-state index in [0.717, 1.165) is 5.65 Å². The van der Waals surface area contributed by atoms with Crippen molar-refractivity contribution in [3.8, 4) is 0 Å². The van der Waals surface area contributed by atoms with E-state index in [-0.39, 0.29) is 19.1 Å². The van der Waals surface area contributed by atoms with Crippen LogP contribution in [-0.4, -0.2) is 45.5 Å². The molecule has 0 aliphatic carbocycles. The number of nitrogens with one attached hydrogen (secondary N) is 1. The quantitative estimate of drug-likeness (QED) is 0.844. The molecular formula is C14H16N4O3. The lowest BCUT2D eigenvalue weighted by Crippen LogP contribution is -2.47. The first-order valence-electron chi connectivity index (χ1n) is 6.59. The van der Waals surface area contributed by atoms with Gasteiger partial charge in [0.1, 0.15) is 11.2 Å². The summed E-state index contributed by atoms with van der Waals surface area (Å²) >= 11 is 0. The van der Waals surface area contributed by atoms with Gasteiger partial charge in [-0.15, -0.1) is 0 Å². The predicted octanol–water partition coefficient (Wildman–Crippen LogP) is 0.791. The molecule has 3 amide bonds. The van der Waals surface area contributed by atoms with Gasteiger partial charge in [-0.25, -0.2) is 9.78 Å². The van der Waals surface area contributed by atoms with E-state index >= 15 is 0 Å². The van der Waals surface area contributed by atoms with Gasteiger partial charge in [0.2, 0.25) is 0 Å². The highest BCUT2D eigenvalue weighted by Gasteiger charge is 2.47. The number of imide groups is 1. The average molecular weight is 288 g/mol. The number of fused-ring (bicyclic) bond motifs is 1. The van der Waals surface area contributed by atoms with Crippen molar-refractivity contribution in [1.82, 2.24) is 19.6 Å². The van der Waals surface area contributed by atoms with E-state index in [1.807, 2.05) is 35.0 Å². The van der Waals surface area contributed by atoms with Crippen molar-refractivity contribution in [1.29, 1.82) is 0 Å². The number of pyridine rings is 1. The van der Waals surface area contributed by atoms with Crippen molar-refractivity contribution in [3.63, 3.8) is 0 Å². The molecule has 110 valence electrons. The Bertz CT molecular complexity index is 678. The molecular weight excluding hydrogens is 272 g/mol. The maximum Gasteiger partial charge on any atom is 0.325 e. The molecule has 3 rings (SSSR count). The Morgan fingerprint density at radius 1 is 1.38 bits per heavy atom. The number of carbonyl (C=O) groups is 2. The van der Waals surface area contributed by atoms with E-state index in [2.05, 4.69) is 10.3 Å². The predicted molar refractivity (Wildman–Crippen MR) is 74.6 cm³/mol. The topological polar surface area (TPSA) is 75.9 Å². The fourth-order valence-electron chi connectivity index (χ4n) is 2.50. The van der Waals surface area contributed by atoms with Crippen LogP contribution in [0, 0.1) is 0 Å². The number of methoxy groups -OCH3 is 1. The highest BCUT2D eigenvalue weighted by molar-refractivity contribution is 6.06. The normalized spacial score (nSPS) is 22.1. The van der Waals surface area contributed by atoms with Gasteiger partial charge < -0.3 is 14.5 Å². The van der Waals surface area contributed by atoms with Gasteiger partial charge in [-0.1, -0.05) is 6.07 Å². The average Bonchev–Trinajstić information content (AvgIpc) is 2.94. The maximum absolute atomic E-state index is 12.4. The molecule has 0 aromatic carbocycles. The Kier molecular flexibility index (Phi) is 3.13. The van der Waals surface area contributed by atoms with Crippen LogP contribution in [-0.2, 0) is 16.1 Å². The standard InChI is InChI=1S/C14H16N4O3/c1-14(9-21-2)12(19)18(13(20)16-14)8-10-7-17-6-4-3-5-11(17)15-10/h3-7H,8-9H2,1-2H3,(H,16,20). The molecule has 21 heavy (non-hydrogen) atoms. The molecule has 0 radical (unpaired) electrons. The highest BCUT2D eigenvalue weighted by Crippen LogP contribution is 2.20. The van der Waals surface area contributed by atoms with Crippen LogP contribution in [0.3, 0.4) is 0 Å². The summed E-state index contributed by atoms with van der Waals surface area (Å²) in [5.74, 6) is -0.300. The summed E-state index contributed by atoms with van der Waals surface area (Å²) in [6, 6.07) is 5.22. The summed E-state index contributed by atoms with van der Waals surface area (Å²) in [6.07, 6.45) is 3.68. The SMILES string of the molecule is COCC1(C)NC(=O)N(Cc2cn3ccccc3n2)C1=O. The van der Waals surface area contributed by atoms with Gasteiger partial charge >= 0.3 is 6.03 Å². The van der Waals surface area contributed by atoms with Crippen LogP contribution in [0.15, 0.2) is 30.6 Å². The molecule has 0 saturated carbocycles. The van der Waals surface area contributed by atoms with Crippen LogP contribution in [0.5, 0.6) is 0 Å². The largest absolute Gasteiger partial charge is 0.382 e. The number of ether oxygens (including phenoxy) is 1. The monoisotopic (exact) mass is 288 g/mol. The summed E-state index contributed by atoms with van der Waals surface area (Å²) in [5, 5.41) is 2.66. The van der Waals surface area contributed by atoms with E-state index in [9.17, 15) is 9.59 Å². The van der Waals surface area contributed by atoms with Gasteiger partial charge in [0.25, 0.3) is 5.91 Å². The molecule has 1 aliphatic heterocycles. The molecule has 2 aromatic heterocycles. The van der Waals surface area contributed by atoms with Crippen LogP contribution in [0.25, 0.3) is 5.65 Å². The minimum absolute atomic E-state index is 0.138. The van der Waals surface area contributed by atoms with Crippen molar-refractivity contribution in [2.24, 2.45) is 0 Å². The third-order valence-corrected chi connectivity index (χ3v) is 3.51. The lowest BCUT2D eigenvalue weighted by atomic mass is 10.0. The molecule has 7 heteroatoms. The zero-order valence-corrected chi connectivity index (χ0v) is 11.9. The van der Waals surface area contributed by atoms with Crippen molar-refractivity contribution in [2.75, 3.05) is 13.7 Å². The molecule has 2 aromatic rings. The molecule has 7 nitrogen and oxygen atoms in total. The van der Waals surface area contributed by atoms with Gasteiger partial charge in [-0.05, 0) is 19.1 Å². The molecule has 1 atom stereocenters. The third kappa shape index (κ3) is 2.25. The minimum atomic E-state index is -1.01. The Labute approximate surface area is 121 Å². The number of amides is 3. The molecule has 0 spiro atoms. The minimum Gasteiger partial charge on any atom is -0.382 e.